The minimum atomic E-state index is -4.45. The number of halogens is 3. The van der Waals surface area contributed by atoms with Crippen LogP contribution in [0, 0.1) is 0 Å². The molecule has 3 heterocycles. The predicted molar refractivity (Wildman–Crippen MR) is 69.6 cm³/mol. The van der Waals surface area contributed by atoms with Crippen molar-refractivity contribution in [2.45, 2.75) is 12.7 Å². The highest BCUT2D eigenvalue weighted by atomic mass is 19.4. The fraction of sp³-hybridized carbons (Fsp3) is 0.154. The first-order valence-electron chi connectivity index (χ1n) is 6.10. The van der Waals surface area contributed by atoms with Gasteiger partial charge in [0, 0.05) is 12.4 Å². The first-order chi connectivity index (χ1) is 10.1. The van der Waals surface area contributed by atoms with Crippen molar-refractivity contribution in [2.75, 3.05) is 5.32 Å². The van der Waals surface area contributed by atoms with Gasteiger partial charge in [0.05, 0.1) is 12.1 Å². The van der Waals surface area contributed by atoms with E-state index in [0.29, 0.717) is 11.5 Å². The molecule has 3 rings (SSSR count). The van der Waals surface area contributed by atoms with E-state index in [1.165, 1.54) is 12.3 Å². The van der Waals surface area contributed by atoms with E-state index in [9.17, 15) is 13.2 Å². The third kappa shape index (κ3) is 2.64. The molecule has 21 heavy (non-hydrogen) atoms. The quantitative estimate of drug-likeness (QED) is 0.806. The number of aromatic nitrogens is 4. The molecule has 0 atom stereocenters. The van der Waals surface area contributed by atoms with Gasteiger partial charge in [0.15, 0.2) is 11.5 Å². The Bertz CT molecular complexity index is 766. The van der Waals surface area contributed by atoms with Gasteiger partial charge in [0.25, 0.3) is 0 Å². The van der Waals surface area contributed by atoms with Crippen molar-refractivity contribution in [1.29, 1.82) is 0 Å². The van der Waals surface area contributed by atoms with E-state index in [2.05, 4.69) is 20.5 Å². The van der Waals surface area contributed by atoms with Gasteiger partial charge in [0.1, 0.15) is 5.82 Å². The van der Waals surface area contributed by atoms with E-state index in [4.69, 9.17) is 0 Å². The van der Waals surface area contributed by atoms with Gasteiger partial charge in [-0.2, -0.15) is 13.2 Å². The highest BCUT2D eigenvalue weighted by Gasteiger charge is 2.34. The molecular formula is C13H10F3N5. The van der Waals surface area contributed by atoms with Crippen LogP contribution < -0.4 is 5.32 Å². The van der Waals surface area contributed by atoms with Crippen LogP contribution in [0.2, 0.25) is 0 Å². The second-order valence-corrected chi connectivity index (χ2v) is 4.30. The van der Waals surface area contributed by atoms with Gasteiger partial charge in [-0.1, -0.05) is 6.07 Å². The molecule has 5 nitrogen and oxygen atoms in total. The van der Waals surface area contributed by atoms with Gasteiger partial charge in [-0.15, -0.1) is 10.2 Å². The van der Waals surface area contributed by atoms with Crippen LogP contribution in [-0.2, 0) is 12.7 Å². The number of fused-ring (bicyclic) bond motifs is 1. The lowest BCUT2D eigenvalue weighted by Gasteiger charge is -2.12. The number of anilines is 1. The molecule has 8 heteroatoms. The minimum Gasteiger partial charge on any atom is -0.362 e. The Balaban J connectivity index is 1.86. The maximum absolute atomic E-state index is 12.9. The maximum Gasteiger partial charge on any atom is 0.419 e. The molecular weight excluding hydrogens is 283 g/mol. The Hall–Kier alpha value is -2.64. The van der Waals surface area contributed by atoms with Crippen LogP contribution in [0.3, 0.4) is 0 Å². The standard InChI is InChI=1S/C13H10F3N5/c14-13(15,16)9-4-3-6-17-12(9)18-8-11-20-19-10-5-1-2-7-21(10)11/h1-7H,8H2,(H,17,18). The summed E-state index contributed by atoms with van der Waals surface area (Å²) in [5, 5.41) is 10.5. The Morgan fingerprint density at radius 2 is 1.95 bits per heavy atom. The van der Waals surface area contributed by atoms with Gasteiger partial charge in [0.2, 0.25) is 0 Å². The molecule has 0 aromatic carbocycles. The first-order valence-corrected chi connectivity index (χ1v) is 6.10. The lowest BCUT2D eigenvalue weighted by Crippen LogP contribution is -2.13. The summed E-state index contributed by atoms with van der Waals surface area (Å²) >= 11 is 0. The van der Waals surface area contributed by atoms with E-state index in [-0.39, 0.29) is 12.4 Å². The molecule has 0 aliphatic rings. The van der Waals surface area contributed by atoms with Crippen LogP contribution in [-0.4, -0.2) is 19.6 Å². The topological polar surface area (TPSA) is 55.1 Å². The number of pyridine rings is 2. The second kappa shape index (κ2) is 5.04. The molecule has 0 radical (unpaired) electrons. The summed E-state index contributed by atoms with van der Waals surface area (Å²) in [5.74, 6) is 0.280. The van der Waals surface area contributed by atoms with Crippen molar-refractivity contribution < 1.29 is 13.2 Å². The normalized spacial score (nSPS) is 11.8. The second-order valence-electron chi connectivity index (χ2n) is 4.30. The minimum absolute atomic E-state index is 0.0886. The van der Waals surface area contributed by atoms with Crippen molar-refractivity contribution in [3.05, 3.63) is 54.1 Å². The summed E-state index contributed by atoms with van der Waals surface area (Å²) in [7, 11) is 0. The molecule has 0 bridgehead atoms. The number of nitrogens with one attached hydrogen (secondary N) is 1. The third-order valence-corrected chi connectivity index (χ3v) is 2.91. The van der Waals surface area contributed by atoms with Gasteiger partial charge in [-0.3, -0.25) is 4.40 Å². The molecule has 1 N–H and O–H groups in total. The fourth-order valence-electron chi connectivity index (χ4n) is 1.95. The summed E-state index contributed by atoms with van der Waals surface area (Å²) in [5.41, 5.74) is -0.176. The van der Waals surface area contributed by atoms with Gasteiger partial charge in [-0.25, -0.2) is 4.98 Å². The molecule has 108 valence electrons. The van der Waals surface area contributed by atoms with E-state index < -0.39 is 11.7 Å². The maximum atomic E-state index is 12.9. The number of nitrogens with zero attached hydrogens (tertiary/aromatic N) is 4. The summed E-state index contributed by atoms with van der Waals surface area (Å²) in [6, 6.07) is 7.60. The largest absolute Gasteiger partial charge is 0.419 e. The molecule has 0 amide bonds. The number of hydrogen-bond donors (Lipinski definition) is 1. The summed E-state index contributed by atoms with van der Waals surface area (Å²) in [4.78, 5) is 3.74. The Labute approximate surface area is 117 Å². The van der Waals surface area contributed by atoms with Gasteiger partial charge < -0.3 is 5.32 Å². The SMILES string of the molecule is FC(F)(F)c1cccnc1NCc1nnc2ccccn12. The van der Waals surface area contributed by atoms with Crippen LogP contribution in [0.4, 0.5) is 19.0 Å². The van der Waals surface area contributed by atoms with Crippen LogP contribution in [0.25, 0.3) is 5.65 Å². The van der Waals surface area contributed by atoms with Gasteiger partial charge in [-0.05, 0) is 24.3 Å². The molecule has 0 unspecified atom stereocenters. The zero-order chi connectivity index (χ0) is 14.9. The average Bonchev–Trinajstić information content (AvgIpc) is 2.88. The Morgan fingerprint density at radius 1 is 1.10 bits per heavy atom. The molecule has 0 fully saturated rings. The molecule has 3 aromatic rings. The number of hydrogen-bond acceptors (Lipinski definition) is 4. The summed E-state index contributed by atoms with van der Waals surface area (Å²) < 4.78 is 40.3. The zero-order valence-corrected chi connectivity index (χ0v) is 10.7. The average molecular weight is 293 g/mol. The van der Waals surface area contributed by atoms with Crippen LogP contribution >= 0.6 is 0 Å². The summed E-state index contributed by atoms with van der Waals surface area (Å²) in [6.07, 6.45) is -1.40. The number of alkyl halides is 3. The smallest absolute Gasteiger partial charge is 0.362 e. The van der Waals surface area contributed by atoms with Crippen molar-refractivity contribution in [3.8, 4) is 0 Å². The van der Waals surface area contributed by atoms with Crippen molar-refractivity contribution in [1.82, 2.24) is 19.6 Å². The summed E-state index contributed by atoms with van der Waals surface area (Å²) in [6.45, 7) is 0.0886. The first kappa shape index (κ1) is 13.3. The molecule has 0 aliphatic heterocycles. The van der Waals surface area contributed by atoms with E-state index in [1.54, 1.807) is 22.7 Å². The molecule has 0 aliphatic carbocycles. The highest BCUT2D eigenvalue weighted by Crippen LogP contribution is 2.33. The van der Waals surface area contributed by atoms with Crippen molar-refractivity contribution in [2.24, 2.45) is 0 Å². The fourth-order valence-corrected chi connectivity index (χ4v) is 1.95. The zero-order valence-electron chi connectivity index (χ0n) is 10.7. The van der Waals surface area contributed by atoms with E-state index in [0.717, 1.165) is 6.07 Å². The van der Waals surface area contributed by atoms with Crippen LogP contribution in [0.1, 0.15) is 11.4 Å². The van der Waals surface area contributed by atoms with E-state index >= 15 is 0 Å². The monoisotopic (exact) mass is 293 g/mol. The van der Waals surface area contributed by atoms with Crippen molar-refractivity contribution >= 4 is 11.5 Å². The highest BCUT2D eigenvalue weighted by molar-refractivity contribution is 5.46. The molecule has 0 saturated carbocycles. The van der Waals surface area contributed by atoms with Crippen molar-refractivity contribution in [3.63, 3.8) is 0 Å². The van der Waals surface area contributed by atoms with Crippen LogP contribution in [0.5, 0.6) is 0 Å². The third-order valence-electron chi connectivity index (χ3n) is 2.91. The Morgan fingerprint density at radius 3 is 2.76 bits per heavy atom. The molecule has 0 spiro atoms. The molecule has 3 aromatic heterocycles. The Kier molecular flexibility index (Phi) is 3.20. The lowest BCUT2D eigenvalue weighted by molar-refractivity contribution is -0.137. The predicted octanol–water partition coefficient (Wildman–Crippen LogP) is 2.76. The molecule has 0 saturated heterocycles. The lowest BCUT2D eigenvalue weighted by atomic mass is 10.2. The number of rotatable bonds is 3. The van der Waals surface area contributed by atoms with Crippen LogP contribution in [0.15, 0.2) is 42.7 Å². The van der Waals surface area contributed by atoms with Gasteiger partial charge >= 0.3 is 6.18 Å². The van der Waals surface area contributed by atoms with E-state index in [1.807, 2.05) is 6.07 Å².